The Bertz CT molecular complexity index is 540. The van der Waals surface area contributed by atoms with Gasteiger partial charge in [0.15, 0.2) is 0 Å². The smallest absolute Gasteiger partial charge is 0.135 e. The molecule has 0 unspecified atom stereocenters. The normalized spacial score (nSPS) is 10.2. The van der Waals surface area contributed by atoms with E-state index in [1.54, 1.807) is 0 Å². The largest absolute Gasteiger partial charge is 0.299 e. The Morgan fingerprint density at radius 1 is 1.00 bits per heavy atom. The number of rotatable bonds is 5. The Balaban J connectivity index is 0.000000956. The molecule has 0 saturated heterocycles. The van der Waals surface area contributed by atoms with Gasteiger partial charge in [-0.2, -0.15) is 0 Å². The number of hydrogen-bond donors (Lipinski definition) is 0. The van der Waals surface area contributed by atoms with E-state index in [0.29, 0.717) is 12.2 Å². The molecule has 2 aromatic rings. The molecule has 0 radical (unpaired) electrons. The van der Waals surface area contributed by atoms with E-state index in [1.807, 2.05) is 27.7 Å². The van der Waals surface area contributed by atoms with Gasteiger partial charge in [-0.1, -0.05) is 70.2 Å². The fraction of sp³-hybridized carbons (Fsp3) is 0.421. The number of fused-ring (bicyclic) bond motifs is 1. The second-order valence-corrected chi connectivity index (χ2v) is 5.16. The molecule has 0 spiro atoms. The summed E-state index contributed by atoms with van der Waals surface area (Å²) in [7, 11) is 0. The molecular formula is C19H26O. The minimum Gasteiger partial charge on any atom is -0.299 e. The van der Waals surface area contributed by atoms with E-state index in [9.17, 15) is 4.79 Å². The number of benzene rings is 2. The summed E-state index contributed by atoms with van der Waals surface area (Å²) in [5, 5.41) is 2.56. The molecule has 0 atom stereocenters. The Kier molecular flexibility index (Phi) is 7.00. The molecule has 0 aliphatic carbocycles. The fourth-order valence-electron chi connectivity index (χ4n) is 2.15. The SMILES string of the molecule is CC.CC(C)C(=O)CCCc1ccc2ccccc2c1. The lowest BCUT2D eigenvalue weighted by Gasteiger charge is -2.05. The molecule has 0 aromatic heterocycles. The lowest BCUT2D eigenvalue weighted by Crippen LogP contribution is -2.06. The number of aryl methyl sites for hydroxylation is 1. The third kappa shape index (κ3) is 4.80. The molecule has 1 heteroatoms. The molecule has 0 amide bonds. The predicted molar refractivity (Wildman–Crippen MR) is 88.1 cm³/mol. The van der Waals surface area contributed by atoms with Crippen molar-refractivity contribution in [1.82, 2.24) is 0 Å². The highest BCUT2D eigenvalue weighted by Crippen LogP contribution is 2.17. The Hall–Kier alpha value is -1.63. The number of ketones is 1. The Morgan fingerprint density at radius 2 is 1.65 bits per heavy atom. The monoisotopic (exact) mass is 270 g/mol. The van der Waals surface area contributed by atoms with Crippen LogP contribution in [-0.4, -0.2) is 5.78 Å². The summed E-state index contributed by atoms with van der Waals surface area (Å²) in [6, 6.07) is 14.9. The maximum absolute atomic E-state index is 11.5. The molecule has 0 aliphatic heterocycles. The summed E-state index contributed by atoms with van der Waals surface area (Å²) in [5.41, 5.74) is 1.32. The van der Waals surface area contributed by atoms with Gasteiger partial charge in [0, 0.05) is 12.3 Å². The highest BCUT2D eigenvalue weighted by molar-refractivity contribution is 5.83. The first-order valence-corrected chi connectivity index (χ1v) is 7.67. The Morgan fingerprint density at radius 3 is 2.30 bits per heavy atom. The minimum atomic E-state index is 0.168. The molecule has 0 saturated carbocycles. The van der Waals surface area contributed by atoms with Gasteiger partial charge in [-0.05, 0) is 29.2 Å². The lowest BCUT2D eigenvalue weighted by atomic mass is 9.99. The quantitative estimate of drug-likeness (QED) is 0.709. The van der Waals surface area contributed by atoms with Crippen molar-refractivity contribution >= 4 is 16.6 Å². The van der Waals surface area contributed by atoms with Gasteiger partial charge < -0.3 is 0 Å². The van der Waals surface area contributed by atoms with Crippen LogP contribution < -0.4 is 0 Å². The molecular weight excluding hydrogens is 244 g/mol. The standard InChI is InChI=1S/C17H20O.C2H6/c1-13(2)17(18)9-5-6-14-10-11-15-7-3-4-8-16(15)12-14;1-2/h3-4,7-8,10-13H,5-6,9H2,1-2H3;1-2H3. The van der Waals surface area contributed by atoms with Gasteiger partial charge in [0.1, 0.15) is 5.78 Å². The average molecular weight is 270 g/mol. The van der Waals surface area contributed by atoms with Crippen molar-refractivity contribution in [3.05, 3.63) is 48.0 Å². The van der Waals surface area contributed by atoms with Crippen LogP contribution in [0.4, 0.5) is 0 Å². The van der Waals surface area contributed by atoms with Crippen molar-refractivity contribution in [3.63, 3.8) is 0 Å². The molecule has 108 valence electrons. The summed E-state index contributed by atoms with van der Waals surface area (Å²) < 4.78 is 0. The molecule has 0 fully saturated rings. The molecule has 20 heavy (non-hydrogen) atoms. The van der Waals surface area contributed by atoms with Gasteiger partial charge in [-0.15, -0.1) is 0 Å². The van der Waals surface area contributed by atoms with Crippen LogP contribution in [-0.2, 0) is 11.2 Å². The van der Waals surface area contributed by atoms with Gasteiger partial charge in [-0.25, -0.2) is 0 Å². The summed E-state index contributed by atoms with van der Waals surface area (Å²) in [6.45, 7) is 7.94. The van der Waals surface area contributed by atoms with Crippen molar-refractivity contribution in [2.24, 2.45) is 5.92 Å². The highest BCUT2D eigenvalue weighted by Gasteiger charge is 2.06. The predicted octanol–water partition coefficient (Wildman–Crippen LogP) is 5.41. The zero-order valence-electron chi connectivity index (χ0n) is 13.1. The van der Waals surface area contributed by atoms with Crippen molar-refractivity contribution in [1.29, 1.82) is 0 Å². The summed E-state index contributed by atoms with van der Waals surface area (Å²) >= 11 is 0. The molecule has 2 rings (SSSR count). The first kappa shape index (κ1) is 16.4. The first-order valence-electron chi connectivity index (χ1n) is 7.67. The van der Waals surface area contributed by atoms with Crippen molar-refractivity contribution < 1.29 is 4.79 Å². The number of Topliss-reactive ketones (excluding diaryl/α,β-unsaturated/α-hetero) is 1. The minimum absolute atomic E-state index is 0.168. The maximum Gasteiger partial charge on any atom is 0.135 e. The van der Waals surface area contributed by atoms with Crippen molar-refractivity contribution in [2.45, 2.75) is 47.0 Å². The van der Waals surface area contributed by atoms with Gasteiger partial charge in [0.2, 0.25) is 0 Å². The molecule has 0 N–H and O–H groups in total. The second kappa shape index (κ2) is 8.52. The topological polar surface area (TPSA) is 17.1 Å². The average Bonchev–Trinajstić information content (AvgIpc) is 2.49. The van der Waals surface area contributed by atoms with E-state index < -0.39 is 0 Å². The number of carbonyl (C=O) groups is 1. The number of carbonyl (C=O) groups excluding carboxylic acids is 1. The third-order valence-corrected chi connectivity index (χ3v) is 3.35. The highest BCUT2D eigenvalue weighted by atomic mass is 16.1. The van der Waals surface area contributed by atoms with Crippen LogP contribution in [0.1, 0.15) is 46.1 Å². The van der Waals surface area contributed by atoms with Crippen LogP contribution in [0.3, 0.4) is 0 Å². The van der Waals surface area contributed by atoms with Gasteiger partial charge in [0.25, 0.3) is 0 Å². The Labute approximate surface area is 123 Å². The van der Waals surface area contributed by atoms with E-state index in [4.69, 9.17) is 0 Å². The van der Waals surface area contributed by atoms with Crippen molar-refractivity contribution in [2.75, 3.05) is 0 Å². The van der Waals surface area contributed by atoms with Gasteiger partial charge >= 0.3 is 0 Å². The van der Waals surface area contributed by atoms with Crippen LogP contribution in [0.15, 0.2) is 42.5 Å². The van der Waals surface area contributed by atoms with E-state index >= 15 is 0 Å². The second-order valence-electron chi connectivity index (χ2n) is 5.16. The van der Waals surface area contributed by atoms with Crippen LogP contribution in [0.25, 0.3) is 10.8 Å². The molecule has 0 aliphatic rings. The van der Waals surface area contributed by atoms with Crippen LogP contribution in [0.2, 0.25) is 0 Å². The summed E-state index contributed by atoms with van der Waals surface area (Å²) in [5.74, 6) is 0.539. The number of hydrogen-bond acceptors (Lipinski definition) is 1. The van der Waals surface area contributed by atoms with E-state index in [-0.39, 0.29) is 5.92 Å². The van der Waals surface area contributed by atoms with Gasteiger partial charge in [0.05, 0.1) is 0 Å². The van der Waals surface area contributed by atoms with Crippen LogP contribution in [0.5, 0.6) is 0 Å². The van der Waals surface area contributed by atoms with E-state index in [2.05, 4.69) is 42.5 Å². The van der Waals surface area contributed by atoms with Crippen LogP contribution in [0, 0.1) is 5.92 Å². The zero-order chi connectivity index (χ0) is 15.0. The lowest BCUT2D eigenvalue weighted by molar-refractivity contribution is -0.121. The molecule has 0 bridgehead atoms. The molecule has 0 heterocycles. The van der Waals surface area contributed by atoms with E-state index in [1.165, 1.54) is 16.3 Å². The fourth-order valence-corrected chi connectivity index (χ4v) is 2.15. The summed E-state index contributed by atoms with van der Waals surface area (Å²) in [4.78, 5) is 11.5. The van der Waals surface area contributed by atoms with Gasteiger partial charge in [-0.3, -0.25) is 4.79 Å². The van der Waals surface area contributed by atoms with Crippen molar-refractivity contribution in [3.8, 4) is 0 Å². The third-order valence-electron chi connectivity index (χ3n) is 3.35. The molecule has 1 nitrogen and oxygen atoms in total. The maximum atomic E-state index is 11.5. The zero-order valence-corrected chi connectivity index (χ0v) is 13.1. The van der Waals surface area contributed by atoms with Crippen LogP contribution >= 0.6 is 0 Å². The first-order chi connectivity index (χ1) is 9.66. The van der Waals surface area contributed by atoms with E-state index in [0.717, 1.165) is 12.8 Å². The molecule has 2 aromatic carbocycles. The summed E-state index contributed by atoms with van der Waals surface area (Å²) in [6.07, 6.45) is 2.64.